The number of hydrogen-bond acceptors (Lipinski definition) is 2. The lowest BCUT2D eigenvalue weighted by atomic mass is 9.90. The molecule has 0 spiro atoms. The van der Waals surface area contributed by atoms with Crippen LogP contribution in [0.4, 0.5) is 0 Å². The number of rotatable bonds is 6. The summed E-state index contributed by atoms with van der Waals surface area (Å²) in [7, 11) is 1.93. The minimum atomic E-state index is 0.0998. The molecule has 0 aliphatic heterocycles. The largest absolute Gasteiger partial charge is 0.322 e. The quantitative estimate of drug-likeness (QED) is 0.782. The van der Waals surface area contributed by atoms with Crippen LogP contribution in [0.1, 0.15) is 51.3 Å². The predicted molar refractivity (Wildman–Crippen MR) is 63.4 cm³/mol. The van der Waals surface area contributed by atoms with Crippen LogP contribution in [0.15, 0.2) is 12.3 Å². The molecule has 0 aliphatic carbocycles. The van der Waals surface area contributed by atoms with Gasteiger partial charge in [0, 0.05) is 13.2 Å². The van der Waals surface area contributed by atoms with Crippen molar-refractivity contribution < 1.29 is 0 Å². The molecule has 3 nitrogen and oxygen atoms in total. The molecule has 2 N–H and O–H groups in total. The smallest absolute Gasteiger partial charge is 0.0794 e. The van der Waals surface area contributed by atoms with Crippen LogP contribution in [0.2, 0.25) is 0 Å². The summed E-state index contributed by atoms with van der Waals surface area (Å²) in [6.45, 7) is 4.43. The molecular formula is C12H23N3. The van der Waals surface area contributed by atoms with Crippen molar-refractivity contribution in [1.29, 1.82) is 0 Å². The second-order valence-corrected chi connectivity index (χ2v) is 4.25. The lowest BCUT2D eigenvalue weighted by Crippen LogP contribution is -2.21. The molecular weight excluding hydrogens is 186 g/mol. The Bertz CT molecular complexity index is 280. The molecule has 2 unspecified atom stereocenters. The van der Waals surface area contributed by atoms with Crippen molar-refractivity contribution >= 4 is 0 Å². The highest BCUT2D eigenvalue weighted by Gasteiger charge is 2.19. The van der Waals surface area contributed by atoms with Crippen molar-refractivity contribution in [1.82, 2.24) is 9.78 Å². The third-order valence-electron chi connectivity index (χ3n) is 3.04. The van der Waals surface area contributed by atoms with Crippen LogP contribution in [0, 0.1) is 5.92 Å². The molecule has 0 aliphatic rings. The molecule has 1 heterocycles. The van der Waals surface area contributed by atoms with Gasteiger partial charge in [0.05, 0.1) is 11.7 Å². The number of nitrogens with two attached hydrogens (primary N) is 1. The van der Waals surface area contributed by atoms with Gasteiger partial charge in [-0.25, -0.2) is 0 Å². The van der Waals surface area contributed by atoms with Crippen molar-refractivity contribution in [2.75, 3.05) is 0 Å². The third-order valence-corrected chi connectivity index (χ3v) is 3.04. The molecule has 1 aromatic rings. The van der Waals surface area contributed by atoms with Gasteiger partial charge in [-0.2, -0.15) is 5.10 Å². The summed E-state index contributed by atoms with van der Waals surface area (Å²) < 4.78 is 1.82. The standard InChI is InChI=1S/C12H23N3/c1-4-6-7-10(5-2)12(13)11-8-9-15(3)14-11/h8-10,12H,4-7,13H2,1-3H3. The number of nitrogens with zero attached hydrogens (tertiary/aromatic N) is 2. The van der Waals surface area contributed by atoms with E-state index >= 15 is 0 Å². The van der Waals surface area contributed by atoms with Gasteiger partial charge in [0.15, 0.2) is 0 Å². The Morgan fingerprint density at radius 1 is 1.47 bits per heavy atom. The van der Waals surface area contributed by atoms with E-state index in [4.69, 9.17) is 5.73 Å². The van der Waals surface area contributed by atoms with Crippen molar-refractivity contribution in [2.45, 2.75) is 45.6 Å². The monoisotopic (exact) mass is 209 g/mol. The minimum absolute atomic E-state index is 0.0998. The Kier molecular flexibility index (Phi) is 4.82. The first kappa shape index (κ1) is 12.2. The first-order valence-corrected chi connectivity index (χ1v) is 5.94. The number of aromatic nitrogens is 2. The van der Waals surface area contributed by atoms with Crippen LogP contribution in [0.5, 0.6) is 0 Å². The van der Waals surface area contributed by atoms with Gasteiger partial charge in [-0.1, -0.05) is 33.1 Å². The minimum Gasteiger partial charge on any atom is -0.322 e. The van der Waals surface area contributed by atoms with E-state index in [-0.39, 0.29) is 6.04 Å². The number of aryl methyl sites for hydroxylation is 1. The highest BCUT2D eigenvalue weighted by molar-refractivity contribution is 5.05. The van der Waals surface area contributed by atoms with Crippen molar-refractivity contribution in [2.24, 2.45) is 18.7 Å². The Balaban J connectivity index is 2.59. The van der Waals surface area contributed by atoms with Gasteiger partial charge >= 0.3 is 0 Å². The van der Waals surface area contributed by atoms with Gasteiger partial charge in [0.25, 0.3) is 0 Å². The molecule has 1 aromatic heterocycles. The molecule has 0 aromatic carbocycles. The summed E-state index contributed by atoms with van der Waals surface area (Å²) in [4.78, 5) is 0. The fourth-order valence-corrected chi connectivity index (χ4v) is 1.96. The van der Waals surface area contributed by atoms with Gasteiger partial charge in [-0.05, 0) is 18.4 Å². The summed E-state index contributed by atoms with van der Waals surface area (Å²) in [6.07, 6.45) is 6.81. The summed E-state index contributed by atoms with van der Waals surface area (Å²) >= 11 is 0. The lowest BCUT2D eigenvalue weighted by Gasteiger charge is -2.20. The first-order chi connectivity index (χ1) is 7.19. The lowest BCUT2D eigenvalue weighted by molar-refractivity contribution is 0.371. The van der Waals surface area contributed by atoms with Crippen molar-refractivity contribution in [3.05, 3.63) is 18.0 Å². The topological polar surface area (TPSA) is 43.8 Å². The van der Waals surface area contributed by atoms with Crippen LogP contribution in [-0.2, 0) is 7.05 Å². The fraction of sp³-hybridized carbons (Fsp3) is 0.750. The zero-order chi connectivity index (χ0) is 11.3. The van der Waals surface area contributed by atoms with E-state index in [0.717, 1.165) is 12.1 Å². The summed E-state index contributed by atoms with van der Waals surface area (Å²) in [5, 5.41) is 4.38. The zero-order valence-corrected chi connectivity index (χ0v) is 10.1. The van der Waals surface area contributed by atoms with E-state index in [2.05, 4.69) is 18.9 Å². The number of unbranched alkanes of at least 4 members (excludes halogenated alkanes) is 1. The van der Waals surface area contributed by atoms with Crippen LogP contribution >= 0.6 is 0 Å². The normalized spacial score (nSPS) is 15.2. The number of hydrogen-bond donors (Lipinski definition) is 1. The molecule has 0 amide bonds. The van der Waals surface area contributed by atoms with Crippen LogP contribution < -0.4 is 5.73 Å². The fourth-order valence-electron chi connectivity index (χ4n) is 1.96. The van der Waals surface area contributed by atoms with E-state index in [0.29, 0.717) is 5.92 Å². The van der Waals surface area contributed by atoms with Gasteiger partial charge in [-0.3, -0.25) is 4.68 Å². The van der Waals surface area contributed by atoms with Crippen molar-refractivity contribution in [3.63, 3.8) is 0 Å². The third kappa shape index (κ3) is 3.34. The Morgan fingerprint density at radius 2 is 2.20 bits per heavy atom. The highest BCUT2D eigenvalue weighted by Crippen LogP contribution is 2.25. The highest BCUT2D eigenvalue weighted by atomic mass is 15.3. The molecule has 0 bridgehead atoms. The van der Waals surface area contributed by atoms with E-state index in [9.17, 15) is 0 Å². The second-order valence-electron chi connectivity index (χ2n) is 4.25. The average molecular weight is 209 g/mol. The Labute approximate surface area is 92.7 Å². The molecule has 0 saturated heterocycles. The summed E-state index contributed by atoms with van der Waals surface area (Å²) in [5.41, 5.74) is 7.26. The van der Waals surface area contributed by atoms with E-state index < -0.39 is 0 Å². The average Bonchev–Trinajstić information content (AvgIpc) is 2.65. The van der Waals surface area contributed by atoms with E-state index in [1.807, 2.05) is 24.0 Å². The molecule has 0 fully saturated rings. The molecule has 3 heteroatoms. The Morgan fingerprint density at radius 3 is 2.67 bits per heavy atom. The summed E-state index contributed by atoms with van der Waals surface area (Å²) in [5.74, 6) is 0.569. The zero-order valence-electron chi connectivity index (χ0n) is 10.1. The molecule has 0 radical (unpaired) electrons. The maximum atomic E-state index is 6.23. The van der Waals surface area contributed by atoms with Gasteiger partial charge in [0.1, 0.15) is 0 Å². The molecule has 15 heavy (non-hydrogen) atoms. The van der Waals surface area contributed by atoms with Crippen molar-refractivity contribution in [3.8, 4) is 0 Å². The first-order valence-electron chi connectivity index (χ1n) is 5.94. The van der Waals surface area contributed by atoms with Crippen LogP contribution in [-0.4, -0.2) is 9.78 Å². The van der Waals surface area contributed by atoms with E-state index in [1.54, 1.807) is 0 Å². The maximum absolute atomic E-state index is 6.23. The van der Waals surface area contributed by atoms with Gasteiger partial charge < -0.3 is 5.73 Å². The molecule has 2 atom stereocenters. The van der Waals surface area contributed by atoms with Gasteiger partial charge in [0.2, 0.25) is 0 Å². The molecule has 1 rings (SSSR count). The SMILES string of the molecule is CCCCC(CC)C(N)c1ccn(C)n1. The van der Waals surface area contributed by atoms with Crippen LogP contribution in [0.3, 0.4) is 0 Å². The van der Waals surface area contributed by atoms with E-state index in [1.165, 1.54) is 19.3 Å². The van der Waals surface area contributed by atoms with Gasteiger partial charge in [-0.15, -0.1) is 0 Å². The second kappa shape index (κ2) is 5.91. The maximum Gasteiger partial charge on any atom is 0.0794 e. The predicted octanol–water partition coefficient (Wildman–Crippen LogP) is 2.64. The molecule has 86 valence electrons. The van der Waals surface area contributed by atoms with Crippen LogP contribution in [0.25, 0.3) is 0 Å². The Hall–Kier alpha value is -0.830. The summed E-state index contributed by atoms with van der Waals surface area (Å²) in [6, 6.07) is 2.13. The molecule has 0 saturated carbocycles.